The molecule has 36 heavy (non-hydrogen) atoms. The molecule has 1 aromatic carbocycles. The number of esters is 2. The molecule has 1 heterocycles. The quantitative estimate of drug-likeness (QED) is 0.437. The summed E-state index contributed by atoms with van der Waals surface area (Å²) in [6.45, 7) is 8.55. The highest BCUT2D eigenvalue weighted by atomic mass is 16.6. The van der Waals surface area contributed by atoms with Gasteiger partial charge in [0, 0.05) is 25.2 Å². The number of piperidine rings is 1. The van der Waals surface area contributed by atoms with Gasteiger partial charge in [-0.2, -0.15) is 0 Å². The van der Waals surface area contributed by atoms with E-state index in [0.717, 1.165) is 50.5 Å². The normalized spacial score (nSPS) is 16.2. The van der Waals surface area contributed by atoms with Crippen molar-refractivity contribution in [3.05, 3.63) is 23.3 Å². The molecule has 1 amide bonds. The lowest BCUT2D eigenvalue weighted by Gasteiger charge is -2.35. The molecule has 2 N–H and O–H groups in total. The Morgan fingerprint density at radius 3 is 2.08 bits per heavy atom. The Bertz CT molecular complexity index is 900. The molecule has 0 bridgehead atoms. The van der Waals surface area contributed by atoms with Crippen molar-refractivity contribution in [3.63, 3.8) is 0 Å². The Hall–Kier alpha value is -3.01. The van der Waals surface area contributed by atoms with E-state index in [9.17, 15) is 19.5 Å². The minimum atomic E-state index is -0.764. The number of methoxy groups -OCH3 is 3. The average molecular weight is 509 g/mol. The molecule has 0 radical (unpaired) electrons. The van der Waals surface area contributed by atoms with Crippen LogP contribution in [-0.4, -0.2) is 80.6 Å². The van der Waals surface area contributed by atoms with Crippen molar-refractivity contribution in [2.45, 2.75) is 64.5 Å². The number of nitrogens with zero attached hydrogens (tertiary/aromatic N) is 1. The van der Waals surface area contributed by atoms with Crippen LogP contribution in [0.25, 0.3) is 0 Å². The third-order valence-corrected chi connectivity index (χ3v) is 6.17. The van der Waals surface area contributed by atoms with Gasteiger partial charge in [-0.1, -0.05) is 6.42 Å². The summed E-state index contributed by atoms with van der Waals surface area (Å²) in [6.07, 6.45) is 6.11. The summed E-state index contributed by atoms with van der Waals surface area (Å²) < 4.78 is 19.4. The van der Waals surface area contributed by atoms with Gasteiger partial charge in [0.2, 0.25) is 0 Å². The van der Waals surface area contributed by atoms with Gasteiger partial charge in [-0.3, -0.25) is 0 Å². The Morgan fingerprint density at radius 2 is 1.61 bits per heavy atom. The number of hydrogen-bond donors (Lipinski definition) is 2. The number of carbonyl (C=O) groups is 3. The zero-order chi connectivity index (χ0) is 26.9. The zero-order valence-corrected chi connectivity index (χ0v) is 22.2. The fourth-order valence-corrected chi connectivity index (χ4v) is 3.94. The monoisotopic (exact) mass is 508 g/mol. The van der Waals surface area contributed by atoms with Crippen molar-refractivity contribution >= 4 is 18.0 Å². The summed E-state index contributed by atoms with van der Waals surface area (Å²) in [5.41, 5.74) is -0.587. The third-order valence-electron chi connectivity index (χ3n) is 6.17. The van der Waals surface area contributed by atoms with Crippen LogP contribution in [0, 0.1) is 5.92 Å². The van der Waals surface area contributed by atoms with E-state index in [2.05, 4.69) is 14.8 Å². The largest absolute Gasteiger partial charge is 0.508 e. The Labute approximate surface area is 213 Å². The van der Waals surface area contributed by atoms with E-state index < -0.39 is 11.9 Å². The zero-order valence-electron chi connectivity index (χ0n) is 22.2. The van der Waals surface area contributed by atoms with Gasteiger partial charge in [0.1, 0.15) is 22.7 Å². The molecule has 2 aliphatic rings. The third kappa shape index (κ3) is 8.58. The van der Waals surface area contributed by atoms with E-state index in [-0.39, 0.29) is 34.3 Å². The predicted molar refractivity (Wildman–Crippen MR) is 134 cm³/mol. The second-order valence-electron chi connectivity index (χ2n) is 10.0. The van der Waals surface area contributed by atoms with Crippen LogP contribution in [0.4, 0.5) is 4.79 Å². The Balaban J connectivity index is 0.000000255. The van der Waals surface area contributed by atoms with Gasteiger partial charge < -0.3 is 34.3 Å². The van der Waals surface area contributed by atoms with Crippen LogP contribution in [0.3, 0.4) is 0 Å². The predicted octanol–water partition coefficient (Wildman–Crippen LogP) is 3.75. The van der Waals surface area contributed by atoms with Gasteiger partial charge in [0.15, 0.2) is 0 Å². The number of benzene rings is 1. The van der Waals surface area contributed by atoms with E-state index in [1.807, 2.05) is 25.7 Å². The number of likely N-dealkylation sites (tertiary alicyclic amines) is 1. The summed E-state index contributed by atoms with van der Waals surface area (Å²) in [7, 11) is 3.65. The minimum Gasteiger partial charge on any atom is -0.508 e. The fourth-order valence-electron chi connectivity index (χ4n) is 3.94. The number of hydrogen-bond acceptors (Lipinski definition) is 9. The van der Waals surface area contributed by atoms with Gasteiger partial charge in [0.05, 0.1) is 26.9 Å². The molecule has 2 fully saturated rings. The summed E-state index contributed by atoms with van der Waals surface area (Å²) in [5.74, 6) is -0.965. The number of phenolic OH excluding ortho intramolecular Hbond substituents is 1. The Morgan fingerprint density at radius 1 is 1.00 bits per heavy atom. The fraction of sp³-hybridized carbons (Fsp3) is 0.654. The maximum Gasteiger partial charge on any atom is 0.410 e. The second-order valence-corrected chi connectivity index (χ2v) is 10.0. The van der Waals surface area contributed by atoms with E-state index in [4.69, 9.17) is 9.47 Å². The molecule has 0 spiro atoms. The van der Waals surface area contributed by atoms with E-state index >= 15 is 0 Å². The van der Waals surface area contributed by atoms with Crippen molar-refractivity contribution in [1.29, 1.82) is 0 Å². The molecule has 1 aliphatic heterocycles. The van der Waals surface area contributed by atoms with E-state index in [0.29, 0.717) is 0 Å². The van der Waals surface area contributed by atoms with Gasteiger partial charge in [-0.05, 0) is 65.0 Å². The van der Waals surface area contributed by atoms with Crippen LogP contribution in [0.15, 0.2) is 12.1 Å². The van der Waals surface area contributed by atoms with Crippen molar-refractivity contribution in [3.8, 4) is 11.5 Å². The topological polar surface area (TPSA) is 124 Å². The molecule has 0 unspecified atom stereocenters. The highest BCUT2D eigenvalue weighted by molar-refractivity contribution is 6.05. The lowest BCUT2D eigenvalue weighted by Crippen LogP contribution is -2.45. The van der Waals surface area contributed by atoms with Crippen LogP contribution in [0.2, 0.25) is 0 Å². The van der Waals surface area contributed by atoms with Crippen LogP contribution < -0.4 is 10.1 Å². The van der Waals surface area contributed by atoms with Crippen molar-refractivity contribution in [1.82, 2.24) is 10.2 Å². The SMILES string of the molecule is CC(C)(C)OC(=O)N1CCC(CNC2CCC2)CC1.COC(=O)c1cc(O)cc(OC)c1C(=O)OC. The summed E-state index contributed by atoms with van der Waals surface area (Å²) >= 11 is 0. The first-order chi connectivity index (χ1) is 17.0. The van der Waals surface area contributed by atoms with Crippen LogP contribution in [0.5, 0.6) is 11.5 Å². The summed E-state index contributed by atoms with van der Waals surface area (Å²) in [4.78, 5) is 36.8. The highest BCUT2D eigenvalue weighted by Gasteiger charge is 2.28. The lowest BCUT2D eigenvalue weighted by molar-refractivity contribution is 0.0182. The summed E-state index contributed by atoms with van der Waals surface area (Å²) in [6, 6.07) is 3.09. The second kappa shape index (κ2) is 13.3. The number of rotatable bonds is 6. The first-order valence-electron chi connectivity index (χ1n) is 12.3. The average Bonchev–Trinajstić information content (AvgIpc) is 2.81. The molecule has 1 aromatic rings. The molecular formula is C26H40N2O8. The number of carbonyl (C=O) groups excluding carboxylic acids is 3. The highest BCUT2D eigenvalue weighted by Crippen LogP contribution is 2.29. The number of phenols is 1. The van der Waals surface area contributed by atoms with Crippen LogP contribution in [-0.2, 0) is 14.2 Å². The van der Waals surface area contributed by atoms with Gasteiger partial charge in [-0.15, -0.1) is 0 Å². The van der Waals surface area contributed by atoms with Gasteiger partial charge in [0.25, 0.3) is 0 Å². The summed E-state index contributed by atoms with van der Waals surface area (Å²) in [5, 5.41) is 13.0. The minimum absolute atomic E-state index is 0.0391. The molecule has 1 saturated heterocycles. The molecule has 3 rings (SSSR count). The number of nitrogens with one attached hydrogen (secondary N) is 1. The maximum atomic E-state index is 11.9. The van der Waals surface area contributed by atoms with E-state index in [1.54, 1.807) is 0 Å². The molecule has 10 heteroatoms. The number of aromatic hydroxyl groups is 1. The Kier molecular flexibility index (Phi) is 10.8. The maximum absolute atomic E-state index is 11.9. The van der Waals surface area contributed by atoms with Crippen LogP contribution in [0.1, 0.15) is 73.6 Å². The van der Waals surface area contributed by atoms with Gasteiger partial charge >= 0.3 is 18.0 Å². The number of amides is 1. The molecule has 0 atom stereocenters. The molecule has 0 aromatic heterocycles. The molecule has 1 saturated carbocycles. The van der Waals surface area contributed by atoms with Crippen molar-refractivity contribution in [2.75, 3.05) is 41.0 Å². The van der Waals surface area contributed by atoms with Crippen molar-refractivity contribution in [2.24, 2.45) is 5.92 Å². The number of ether oxygens (including phenoxy) is 4. The van der Waals surface area contributed by atoms with E-state index in [1.165, 1.54) is 46.7 Å². The van der Waals surface area contributed by atoms with Crippen molar-refractivity contribution < 1.29 is 38.4 Å². The molecule has 1 aliphatic carbocycles. The molecule has 10 nitrogen and oxygen atoms in total. The lowest BCUT2D eigenvalue weighted by atomic mass is 9.91. The standard InChI is InChI=1S/C15H28N2O2.C11H12O6/c1-15(2,3)19-14(18)17-9-7-12(8-10-17)11-16-13-5-4-6-13;1-15-8-5-6(12)4-7(10(13)16-2)9(8)11(14)17-3/h12-13,16H,4-11H2,1-3H3;4-5,12H,1-3H3. The van der Waals surface area contributed by atoms with Crippen LogP contribution >= 0.6 is 0 Å². The van der Waals surface area contributed by atoms with Gasteiger partial charge in [-0.25, -0.2) is 14.4 Å². The first-order valence-corrected chi connectivity index (χ1v) is 12.3. The molecular weight excluding hydrogens is 468 g/mol. The first kappa shape index (κ1) is 29.2. The molecule has 202 valence electrons. The smallest absolute Gasteiger partial charge is 0.410 e.